The third kappa shape index (κ3) is 2.93. The van der Waals surface area contributed by atoms with Gasteiger partial charge in [0.05, 0.1) is 23.7 Å². The van der Waals surface area contributed by atoms with Gasteiger partial charge in [-0.3, -0.25) is 14.9 Å². The number of nitrogens with one attached hydrogen (secondary N) is 1. The number of hydrogen-bond donors (Lipinski definition) is 1. The highest BCUT2D eigenvalue weighted by Crippen LogP contribution is 2.29. The van der Waals surface area contributed by atoms with Crippen molar-refractivity contribution in [3.8, 4) is 0 Å². The van der Waals surface area contributed by atoms with E-state index in [4.69, 9.17) is 4.74 Å². The minimum atomic E-state index is -0.526. The number of nitrogens with zero attached hydrogens (tertiary/aromatic N) is 1. The van der Waals surface area contributed by atoms with Gasteiger partial charge < -0.3 is 10.1 Å². The summed E-state index contributed by atoms with van der Waals surface area (Å²) >= 11 is 3.11. The molecule has 1 aromatic rings. The lowest BCUT2D eigenvalue weighted by atomic mass is 9.88. The van der Waals surface area contributed by atoms with Gasteiger partial charge in [-0.1, -0.05) is 13.0 Å². The van der Waals surface area contributed by atoms with Gasteiger partial charge in [-0.25, -0.2) is 0 Å². The second-order valence-electron chi connectivity index (χ2n) is 4.88. The van der Waals surface area contributed by atoms with Crippen LogP contribution in [0.15, 0.2) is 22.7 Å². The van der Waals surface area contributed by atoms with E-state index in [9.17, 15) is 14.9 Å². The smallest absolute Gasteiger partial charge is 0.284 e. The number of nitro benzene ring substituents is 1. The van der Waals surface area contributed by atoms with Gasteiger partial charge in [-0.05, 0) is 22.0 Å². The number of rotatable bonds is 4. The predicted octanol–water partition coefficient (Wildman–Crippen LogP) is 2.12. The average molecular weight is 329 g/mol. The van der Waals surface area contributed by atoms with Crippen molar-refractivity contribution in [3.63, 3.8) is 0 Å². The molecule has 1 amide bonds. The molecule has 0 spiro atoms. The number of halogens is 1. The molecule has 1 fully saturated rings. The van der Waals surface area contributed by atoms with Crippen molar-refractivity contribution in [2.75, 3.05) is 19.8 Å². The van der Waals surface area contributed by atoms with Crippen LogP contribution in [-0.2, 0) is 4.74 Å². The van der Waals surface area contributed by atoms with E-state index in [1.54, 1.807) is 6.07 Å². The van der Waals surface area contributed by atoms with Gasteiger partial charge in [-0.2, -0.15) is 0 Å². The molecule has 19 heavy (non-hydrogen) atoms. The summed E-state index contributed by atoms with van der Waals surface area (Å²) in [5.74, 6) is -0.330. The first kappa shape index (κ1) is 14.0. The zero-order valence-corrected chi connectivity index (χ0v) is 11.9. The Labute approximate surface area is 118 Å². The maximum absolute atomic E-state index is 12.0. The second-order valence-corrected chi connectivity index (χ2v) is 5.67. The Morgan fingerprint density at radius 1 is 1.58 bits per heavy atom. The SMILES string of the molecule is CC1(CNC(=O)c2cccc([N+](=O)[O-])c2Br)COC1. The monoisotopic (exact) mass is 328 g/mol. The molecule has 0 atom stereocenters. The van der Waals surface area contributed by atoms with Gasteiger partial charge in [0, 0.05) is 18.0 Å². The van der Waals surface area contributed by atoms with Gasteiger partial charge in [-0.15, -0.1) is 0 Å². The van der Waals surface area contributed by atoms with E-state index in [0.29, 0.717) is 19.8 Å². The number of carbonyl (C=O) groups excluding carboxylic acids is 1. The summed E-state index contributed by atoms with van der Waals surface area (Å²) < 4.78 is 5.30. The lowest BCUT2D eigenvalue weighted by Gasteiger charge is -2.38. The molecule has 1 aliphatic heterocycles. The Bertz CT molecular complexity index is 528. The molecule has 1 saturated heterocycles. The van der Waals surface area contributed by atoms with E-state index in [0.717, 1.165) is 0 Å². The van der Waals surface area contributed by atoms with Crippen molar-refractivity contribution in [3.05, 3.63) is 38.3 Å². The summed E-state index contributed by atoms with van der Waals surface area (Å²) in [4.78, 5) is 22.3. The van der Waals surface area contributed by atoms with Crippen LogP contribution in [0.25, 0.3) is 0 Å². The number of hydrogen-bond acceptors (Lipinski definition) is 4. The second kappa shape index (κ2) is 5.26. The first-order valence-corrected chi connectivity index (χ1v) is 6.51. The normalized spacial score (nSPS) is 16.5. The molecule has 1 N–H and O–H groups in total. The molecular formula is C12H13BrN2O4. The summed E-state index contributed by atoms with van der Waals surface area (Å²) in [6.07, 6.45) is 0. The van der Waals surface area contributed by atoms with Crippen LogP contribution in [0.2, 0.25) is 0 Å². The molecule has 0 aromatic heterocycles. The fraction of sp³-hybridized carbons (Fsp3) is 0.417. The molecule has 1 aromatic carbocycles. The van der Waals surface area contributed by atoms with Crippen LogP contribution in [0, 0.1) is 15.5 Å². The van der Waals surface area contributed by atoms with Crippen molar-refractivity contribution in [2.45, 2.75) is 6.92 Å². The number of carbonyl (C=O) groups is 1. The van der Waals surface area contributed by atoms with Crippen LogP contribution >= 0.6 is 15.9 Å². The molecular weight excluding hydrogens is 316 g/mol. The van der Waals surface area contributed by atoms with E-state index in [-0.39, 0.29) is 27.0 Å². The van der Waals surface area contributed by atoms with E-state index >= 15 is 0 Å². The fourth-order valence-corrected chi connectivity index (χ4v) is 2.37. The highest BCUT2D eigenvalue weighted by atomic mass is 79.9. The topological polar surface area (TPSA) is 81.5 Å². The molecule has 102 valence electrons. The zero-order chi connectivity index (χ0) is 14.0. The number of nitro groups is 1. The summed E-state index contributed by atoms with van der Waals surface area (Å²) in [7, 11) is 0. The average Bonchev–Trinajstić information content (AvgIpc) is 2.33. The molecule has 0 unspecified atom stereocenters. The Hall–Kier alpha value is -1.47. The van der Waals surface area contributed by atoms with E-state index in [2.05, 4.69) is 21.2 Å². The maximum atomic E-state index is 12.0. The summed E-state index contributed by atoms with van der Waals surface area (Å²) in [6.45, 7) is 3.73. The van der Waals surface area contributed by atoms with Crippen molar-refractivity contribution >= 4 is 27.5 Å². The van der Waals surface area contributed by atoms with Gasteiger partial charge in [0.15, 0.2) is 0 Å². The minimum Gasteiger partial charge on any atom is -0.380 e. The van der Waals surface area contributed by atoms with Crippen LogP contribution in [-0.4, -0.2) is 30.6 Å². The zero-order valence-electron chi connectivity index (χ0n) is 10.3. The van der Waals surface area contributed by atoms with Crippen molar-refractivity contribution in [1.29, 1.82) is 0 Å². The highest BCUT2D eigenvalue weighted by Gasteiger charge is 2.34. The lowest BCUT2D eigenvalue weighted by Crippen LogP contribution is -2.48. The Balaban J connectivity index is 2.10. The fourth-order valence-electron chi connectivity index (χ4n) is 1.78. The van der Waals surface area contributed by atoms with Crippen LogP contribution in [0.1, 0.15) is 17.3 Å². The lowest BCUT2D eigenvalue weighted by molar-refractivity contribution is -0.385. The van der Waals surface area contributed by atoms with E-state index in [1.165, 1.54) is 12.1 Å². The Kier molecular flexibility index (Phi) is 3.86. The van der Waals surface area contributed by atoms with Gasteiger partial charge >= 0.3 is 0 Å². The quantitative estimate of drug-likeness (QED) is 0.678. The standard InChI is InChI=1S/C12H13BrN2O4/c1-12(6-19-7-12)5-14-11(16)8-3-2-4-9(10(8)13)15(17)18/h2-4H,5-7H2,1H3,(H,14,16). The van der Waals surface area contributed by atoms with Gasteiger partial charge in [0.1, 0.15) is 4.47 Å². The van der Waals surface area contributed by atoms with Crippen LogP contribution in [0.4, 0.5) is 5.69 Å². The van der Waals surface area contributed by atoms with E-state index in [1.807, 2.05) is 6.92 Å². The summed E-state index contributed by atoms with van der Waals surface area (Å²) in [5, 5.41) is 13.6. The number of ether oxygens (including phenoxy) is 1. The van der Waals surface area contributed by atoms with Gasteiger partial charge in [0.25, 0.3) is 11.6 Å². The molecule has 0 bridgehead atoms. The Morgan fingerprint density at radius 3 is 2.79 bits per heavy atom. The van der Waals surface area contributed by atoms with Crippen molar-refractivity contribution < 1.29 is 14.5 Å². The van der Waals surface area contributed by atoms with Crippen LogP contribution < -0.4 is 5.32 Å². The molecule has 6 nitrogen and oxygen atoms in total. The number of amides is 1. The predicted molar refractivity (Wildman–Crippen MR) is 72.1 cm³/mol. The van der Waals surface area contributed by atoms with Gasteiger partial charge in [0.2, 0.25) is 0 Å². The molecule has 0 saturated carbocycles. The first-order chi connectivity index (χ1) is 8.93. The van der Waals surface area contributed by atoms with E-state index < -0.39 is 4.92 Å². The molecule has 0 aliphatic carbocycles. The molecule has 2 rings (SSSR count). The summed E-state index contributed by atoms with van der Waals surface area (Å²) in [5.41, 5.74) is 0.104. The van der Waals surface area contributed by atoms with Crippen LogP contribution in [0.5, 0.6) is 0 Å². The van der Waals surface area contributed by atoms with Crippen LogP contribution in [0.3, 0.4) is 0 Å². The maximum Gasteiger partial charge on any atom is 0.284 e. The third-order valence-corrected chi connectivity index (χ3v) is 3.83. The summed E-state index contributed by atoms with van der Waals surface area (Å²) in [6, 6.07) is 4.39. The molecule has 1 heterocycles. The highest BCUT2D eigenvalue weighted by molar-refractivity contribution is 9.10. The molecule has 7 heteroatoms. The minimum absolute atomic E-state index is 0.0388. The van der Waals surface area contributed by atoms with Crippen molar-refractivity contribution in [1.82, 2.24) is 5.32 Å². The first-order valence-electron chi connectivity index (χ1n) is 5.72. The largest absolute Gasteiger partial charge is 0.380 e. The number of benzene rings is 1. The molecule has 1 aliphatic rings. The third-order valence-electron chi connectivity index (χ3n) is 3.00. The molecule has 0 radical (unpaired) electrons. The Morgan fingerprint density at radius 2 is 2.26 bits per heavy atom. The van der Waals surface area contributed by atoms with Crippen molar-refractivity contribution in [2.24, 2.45) is 5.41 Å².